The van der Waals surface area contributed by atoms with Crippen molar-refractivity contribution in [2.75, 3.05) is 0 Å². The summed E-state index contributed by atoms with van der Waals surface area (Å²) in [7, 11) is 0. The van der Waals surface area contributed by atoms with Crippen molar-refractivity contribution in [3.05, 3.63) is 65.0 Å². The average molecular weight is 441 g/mol. The Kier molecular flexibility index (Phi) is 5.39. The van der Waals surface area contributed by atoms with Gasteiger partial charge in [0.1, 0.15) is 10.6 Å². The zero-order chi connectivity index (χ0) is 21.3. The molecular formula is C21H15NO6S2. The average Bonchev–Trinajstić information content (AvgIpc) is 3.28. The summed E-state index contributed by atoms with van der Waals surface area (Å²) in [5, 5.41) is 22.0. The standard InChI is InChI=1S/C21H15NO6S2/c23-19(22-10-11-4-2-1-3-5-11)17(21(26)27)28-12-6-7-13-14(8-12)29-15-9-16(20(24)25)30-18(13)15/h1-9,17H,10H2,(H,22,23)(H,24,25)(H,26,27). The Hall–Kier alpha value is -3.43. The number of nitrogens with one attached hydrogen (secondary N) is 1. The van der Waals surface area contributed by atoms with Crippen molar-refractivity contribution in [2.24, 2.45) is 0 Å². The summed E-state index contributed by atoms with van der Waals surface area (Å²) in [5.74, 6) is -2.86. The van der Waals surface area contributed by atoms with E-state index in [1.807, 2.05) is 30.3 Å². The van der Waals surface area contributed by atoms with E-state index >= 15 is 0 Å². The number of carbonyl (C=O) groups is 3. The molecule has 152 valence electrons. The maximum atomic E-state index is 12.4. The third kappa shape index (κ3) is 3.98. The number of ether oxygens (including phenoxy) is 1. The van der Waals surface area contributed by atoms with Crippen LogP contribution in [0.25, 0.3) is 19.5 Å². The van der Waals surface area contributed by atoms with E-state index in [-0.39, 0.29) is 17.2 Å². The number of hydrogen-bond acceptors (Lipinski definition) is 6. The third-order valence-corrected chi connectivity index (χ3v) is 6.74. The van der Waals surface area contributed by atoms with Crippen LogP contribution in [0.3, 0.4) is 0 Å². The first-order valence-electron chi connectivity index (χ1n) is 8.83. The van der Waals surface area contributed by atoms with Gasteiger partial charge in [0.15, 0.2) is 0 Å². The van der Waals surface area contributed by atoms with Crippen LogP contribution in [0.5, 0.6) is 5.75 Å². The Morgan fingerprint density at radius 2 is 1.73 bits per heavy atom. The van der Waals surface area contributed by atoms with Gasteiger partial charge in [-0.3, -0.25) is 4.79 Å². The van der Waals surface area contributed by atoms with Crippen molar-refractivity contribution < 1.29 is 29.3 Å². The number of thiophene rings is 2. The van der Waals surface area contributed by atoms with E-state index < -0.39 is 23.9 Å². The number of hydrogen-bond donors (Lipinski definition) is 3. The van der Waals surface area contributed by atoms with Crippen molar-refractivity contribution in [1.82, 2.24) is 5.32 Å². The first-order chi connectivity index (χ1) is 14.4. The van der Waals surface area contributed by atoms with Gasteiger partial charge in [0.2, 0.25) is 0 Å². The number of benzene rings is 2. The molecule has 3 N–H and O–H groups in total. The zero-order valence-corrected chi connectivity index (χ0v) is 17.0. The van der Waals surface area contributed by atoms with E-state index in [1.54, 1.807) is 24.3 Å². The molecule has 0 aliphatic carbocycles. The van der Waals surface area contributed by atoms with Gasteiger partial charge in [-0.2, -0.15) is 0 Å². The fraction of sp³-hybridized carbons (Fsp3) is 0.0952. The van der Waals surface area contributed by atoms with Crippen LogP contribution in [0.2, 0.25) is 0 Å². The number of amides is 1. The monoisotopic (exact) mass is 441 g/mol. The van der Waals surface area contributed by atoms with Crippen LogP contribution in [0, 0.1) is 0 Å². The highest BCUT2D eigenvalue weighted by molar-refractivity contribution is 7.33. The van der Waals surface area contributed by atoms with Crippen LogP contribution < -0.4 is 10.1 Å². The Labute approximate surface area is 178 Å². The molecule has 0 aliphatic heterocycles. The van der Waals surface area contributed by atoms with Crippen LogP contribution in [0.15, 0.2) is 54.6 Å². The maximum absolute atomic E-state index is 12.4. The molecule has 0 aliphatic rings. The molecule has 7 nitrogen and oxygen atoms in total. The second kappa shape index (κ2) is 8.13. The fourth-order valence-corrected chi connectivity index (χ4v) is 5.33. The highest BCUT2D eigenvalue weighted by Gasteiger charge is 2.28. The van der Waals surface area contributed by atoms with Crippen molar-refractivity contribution in [2.45, 2.75) is 12.6 Å². The topological polar surface area (TPSA) is 113 Å². The van der Waals surface area contributed by atoms with Gasteiger partial charge in [-0.1, -0.05) is 30.3 Å². The Morgan fingerprint density at radius 3 is 2.43 bits per heavy atom. The van der Waals surface area contributed by atoms with Crippen LogP contribution in [0.1, 0.15) is 15.2 Å². The maximum Gasteiger partial charge on any atom is 0.354 e. The van der Waals surface area contributed by atoms with Gasteiger partial charge in [0.05, 0.1) is 4.70 Å². The van der Waals surface area contributed by atoms with E-state index in [4.69, 9.17) is 9.84 Å². The summed E-state index contributed by atoms with van der Waals surface area (Å²) in [6, 6.07) is 15.7. The second-order valence-corrected chi connectivity index (χ2v) is 8.54. The highest BCUT2D eigenvalue weighted by Crippen LogP contribution is 2.40. The molecule has 2 aromatic carbocycles. The molecule has 1 unspecified atom stereocenters. The number of carboxylic acids is 2. The predicted octanol–water partition coefficient (Wildman–Crippen LogP) is 3.96. The first kappa shape index (κ1) is 19.9. The molecule has 0 bridgehead atoms. The minimum absolute atomic E-state index is 0.193. The smallest absolute Gasteiger partial charge is 0.354 e. The van der Waals surface area contributed by atoms with Gasteiger partial charge in [0, 0.05) is 21.3 Å². The number of aromatic carboxylic acids is 1. The molecule has 9 heteroatoms. The van der Waals surface area contributed by atoms with Crippen molar-refractivity contribution >= 4 is 60.0 Å². The molecular weight excluding hydrogens is 426 g/mol. The number of carboxylic acid groups (broad SMARTS) is 2. The predicted molar refractivity (Wildman–Crippen MR) is 115 cm³/mol. The lowest BCUT2D eigenvalue weighted by molar-refractivity contribution is -0.151. The van der Waals surface area contributed by atoms with Gasteiger partial charge in [-0.15, -0.1) is 22.7 Å². The van der Waals surface area contributed by atoms with Crippen LogP contribution >= 0.6 is 22.7 Å². The SMILES string of the molecule is O=C(O)c1cc2sc3cc(OC(C(=O)O)C(=O)NCc4ccccc4)ccc3c2s1. The van der Waals surface area contributed by atoms with Crippen molar-refractivity contribution in [3.63, 3.8) is 0 Å². The van der Waals surface area contributed by atoms with Gasteiger partial charge in [0.25, 0.3) is 12.0 Å². The highest BCUT2D eigenvalue weighted by atomic mass is 32.1. The molecule has 0 saturated carbocycles. The number of carbonyl (C=O) groups excluding carboxylic acids is 1. The van der Waals surface area contributed by atoms with Gasteiger partial charge >= 0.3 is 11.9 Å². The summed E-state index contributed by atoms with van der Waals surface area (Å²) in [6.45, 7) is 0.193. The molecule has 1 amide bonds. The molecule has 0 fully saturated rings. The van der Waals surface area contributed by atoms with Gasteiger partial charge in [-0.05, 0) is 29.8 Å². The fourth-order valence-electron chi connectivity index (χ4n) is 2.94. The molecule has 30 heavy (non-hydrogen) atoms. The van der Waals surface area contributed by atoms with Crippen molar-refractivity contribution in [3.8, 4) is 5.75 Å². The Morgan fingerprint density at radius 1 is 0.967 bits per heavy atom. The number of aliphatic carboxylic acids is 1. The Bertz CT molecular complexity index is 1260. The summed E-state index contributed by atoms with van der Waals surface area (Å²) >= 11 is 2.57. The summed E-state index contributed by atoms with van der Waals surface area (Å²) in [5.41, 5.74) is 0.843. The molecule has 4 aromatic rings. The zero-order valence-electron chi connectivity index (χ0n) is 15.3. The van der Waals surface area contributed by atoms with Gasteiger partial charge in [-0.25, -0.2) is 9.59 Å². The molecule has 4 rings (SSSR count). The second-order valence-electron chi connectivity index (χ2n) is 6.41. The molecule has 2 aromatic heterocycles. The van der Waals surface area contributed by atoms with Crippen molar-refractivity contribution in [1.29, 1.82) is 0 Å². The molecule has 0 saturated heterocycles. The van der Waals surface area contributed by atoms with Crippen LogP contribution in [-0.2, 0) is 16.1 Å². The molecule has 0 spiro atoms. The van der Waals surface area contributed by atoms with E-state index in [9.17, 15) is 19.5 Å². The lowest BCUT2D eigenvalue weighted by Gasteiger charge is -2.15. The number of fused-ring (bicyclic) bond motifs is 3. The summed E-state index contributed by atoms with van der Waals surface area (Å²) < 4.78 is 7.98. The largest absolute Gasteiger partial charge is 0.478 e. The van der Waals surface area contributed by atoms with E-state index in [0.717, 1.165) is 25.0 Å². The molecule has 2 heterocycles. The van der Waals surface area contributed by atoms with E-state index in [1.165, 1.54) is 22.7 Å². The van der Waals surface area contributed by atoms with Crippen LogP contribution in [-0.4, -0.2) is 34.2 Å². The Balaban J connectivity index is 1.53. The van der Waals surface area contributed by atoms with Gasteiger partial charge < -0.3 is 20.3 Å². The first-order valence-corrected chi connectivity index (χ1v) is 10.5. The quantitative estimate of drug-likeness (QED) is 0.374. The molecule has 0 radical (unpaired) electrons. The third-order valence-electron chi connectivity index (χ3n) is 4.35. The summed E-state index contributed by atoms with van der Waals surface area (Å²) in [4.78, 5) is 35.4. The van der Waals surface area contributed by atoms with E-state index in [0.29, 0.717) is 0 Å². The molecule has 1 atom stereocenters. The minimum atomic E-state index is -1.69. The summed E-state index contributed by atoms with van der Waals surface area (Å²) in [6.07, 6.45) is -1.69. The lowest BCUT2D eigenvalue weighted by atomic mass is 10.2. The number of rotatable bonds is 7. The minimum Gasteiger partial charge on any atom is -0.478 e. The van der Waals surface area contributed by atoms with E-state index in [2.05, 4.69) is 5.32 Å². The normalized spacial score (nSPS) is 12.0. The van der Waals surface area contributed by atoms with Crippen LogP contribution in [0.4, 0.5) is 0 Å². The lowest BCUT2D eigenvalue weighted by Crippen LogP contribution is -2.43.